The number of rotatable bonds is 5. The molecule has 18 heavy (non-hydrogen) atoms. The molecule has 5 nitrogen and oxygen atoms in total. The Morgan fingerprint density at radius 1 is 1.06 bits per heavy atom. The first-order valence-corrected chi connectivity index (χ1v) is 5.47. The lowest BCUT2D eigenvalue weighted by atomic mass is 9.87. The van der Waals surface area contributed by atoms with Crippen molar-refractivity contribution in [2.45, 2.75) is 6.92 Å². The first-order chi connectivity index (χ1) is 8.34. The molecule has 0 bridgehead atoms. The molecule has 0 spiro atoms. The van der Waals surface area contributed by atoms with Gasteiger partial charge in [0.2, 0.25) is 0 Å². The summed E-state index contributed by atoms with van der Waals surface area (Å²) in [5, 5.41) is 18.0. The third-order valence-electron chi connectivity index (χ3n) is 2.57. The van der Waals surface area contributed by atoms with Crippen LogP contribution < -0.4 is 0 Å². The number of carboxylic acids is 2. The molecule has 0 aliphatic heterocycles. The molecule has 0 amide bonds. The van der Waals surface area contributed by atoms with Crippen LogP contribution in [0.4, 0.5) is 0 Å². The molecule has 2 N–H and O–H groups in total. The average molecular weight is 271 g/mol. The fourth-order valence-corrected chi connectivity index (χ4v) is 1.69. The molecule has 1 rings (SSSR count). The maximum absolute atomic E-state index is 11.9. The standard InChI is InChI=1S/C12H11ClO5/c1-6(9(11(15)16)12(17)18)10(14)7-2-4-8(13)5-3-7/h2-6,9H,1H3,(H,15,16)(H,17,18). The van der Waals surface area contributed by atoms with Crippen LogP contribution in [0.5, 0.6) is 0 Å². The van der Waals surface area contributed by atoms with Crippen molar-refractivity contribution < 1.29 is 24.6 Å². The van der Waals surface area contributed by atoms with Gasteiger partial charge in [0, 0.05) is 16.5 Å². The molecule has 1 atom stereocenters. The van der Waals surface area contributed by atoms with Crippen molar-refractivity contribution in [1.29, 1.82) is 0 Å². The normalized spacial score (nSPS) is 12.2. The lowest BCUT2D eigenvalue weighted by molar-refractivity contribution is -0.156. The molecule has 0 saturated carbocycles. The summed E-state index contributed by atoms with van der Waals surface area (Å²) in [6.07, 6.45) is 0. The molecule has 0 fully saturated rings. The largest absolute Gasteiger partial charge is 0.481 e. The Hall–Kier alpha value is -1.88. The first-order valence-electron chi connectivity index (χ1n) is 5.10. The van der Waals surface area contributed by atoms with Crippen molar-refractivity contribution in [2.24, 2.45) is 11.8 Å². The maximum Gasteiger partial charge on any atom is 0.318 e. The highest BCUT2D eigenvalue weighted by molar-refractivity contribution is 6.30. The van der Waals surface area contributed by atoms with Crippen LogP contribution in [0.25, 0.3) is 0 Å². The van der Waals surface area contributed by atoms with Gasteiger partial charge in [-0.2, -0.15) is 0 Å². The van der Waals surface area contributed by atoms with Crippen LogP contribution in [0.2, 0.25) is 5.02 Å². The lowest BCUT2D eigenvalue weighted by Gasteiger charge is -2.15. The minimum Gasteiger partial charge on any atom is -0.481 e. The summed E-state index contributed by atoms with van der Waals surface area (Å²) in [6.45, 7) is 1.28. The van der Waals surface area contributed by atoms with Gasteiger partial charge in [-0.3, -0.25) is 14.4 Å². The van der Waals surface area contributed by atoms with Gasteiger partial charge >= 0.3 is 11.9 Å². The number of halogens is 1. The smallest absolute Gasteiger partial charge is 0.318 e. The van der Waals surface area contributed by atoms with E-state index in [0.29, 0.717) is 5.02 Å². The number of Topliss-reactive ketones (excluding diaryl/α,β-unsaturated/α-hetero) is 1. The second kappa shape index (κ2) is 5.64. The second-order valence-electron chi connectivity index (χ2n) is 3.81. The van der Waals surface area contributed by atoms with Gasteiger partial charge in [0.15, 0.2) is 11.7 Å². The average Bonchev–Trinajstić information content (AvgIpc) is 2.28. The van der Waals surface area contributed by atoms with Gasteiger partial charge in [0.1, 0.15) is 0 Å². The van der Waals surface area contributed by atoms with Crippen LogP contribution in [-0.4, -0.2) is 27.9 Å². The van der Waals surface area contributed by atoms with Crippen molar-refractivity contribution in [3.05, 3.63) is 34.9 Å². The van der Waals surface area contributed by atoms with Crippen LogP contribution in [0.3, 0.4) is 0 Å². The van der Waals surface area contributed by atoms with E-state index < -0.39 is 29.6 Å². The molecule has 1 aromatic carbocycles. The van der Waals surface area contributed by atoms with Crippen molar-refractivity contribution in [3.8, 4) is 0 Å². The van der Waals surface area contributed by atoms with Crippen molar-refractivity contribution in [3.63, 3.8) is 0 Å². The molecular weight excluding hydrogens is 260 g/mol. The minimum absolute atomic E-state index is 0.236. The number of carbonyl (C=O) groups excluding carboxylic acids is 1. The van der Waals surface area contributed by atoms with E-state index in [2.05, 4.69) is 0 Å². The molecule has 0 saturated heterocycles. The van der Waals surface area contributed by atoms with E-state index in [-0.39, 0.29) is 5.56 Å². The quantitative estimate of drug-likeness (QED) is 0.630. The van der Waals surface area contributed by atoms with Gasteiger partial charge in [-0.25, -0.2) is 0 Å². The summed E-state index contributed by atoms with van der Waals surface area (Å²) in [7, 11) is 0. The van der Waals surface area contributed by atoms with Gasteiger partial charge in [-0.15, -0.1) is 0 Å². The number of carboxylic acid groups (broad SMARTS) is 2. The van der Waals surface area contributed by atoms with Gasteiger partial charge in [0.25, 0.3) is 0 Å². The molecule has 0 radical (unpaired) electrons. The lowest BCUT2D eigenvalue weighted by Crippen LogP contribution is -2.34. The summed E-state index contributed by atoms with van der Waals surface area (Å²) in [5.74, 6) is -6.51. The van der Waals surface area contributed by atoms with Crippen LogP contribution in [0.15, 0.2) is 24.3 Å². The highest BCUT2D eigenvalue weighted by Crippen LogP contribution is 2.20. The number of hydrogen-bond donors (Lipinski definition) is 2. The molecule has 0 aliphatic rings. The first kappa shape index (κ1) is 14.2. The van der Waals surface area contributed by atoms with Crippen molar-refractivity contribution in [1.82, 2.24) is 0 Å². The van der Waals surface area contributed by atoms with E-state index in [0.717, 1.165) is 0 Å². The summed E-state index contributed by atoms with van der Waals surface area (Å²) in [4.78, 5) is 33.6. The minimum atomic E-state index is -1.76. The molecule has 6 heteroatoms. The third kappa shape index (κ3) is 3.07. The van der Waals surface area contributed by atoms with E-state index in [1.807, 2.05) is 0 Å². The van der Waals surface area contributed by atoms with E-state index in [9.17, 15) is 14.4 Å². The van der Waals surface area contributed by atoms with Crippen LogP contribution in [-0.2, 0) is 9.59 Å². The van der Waals surface area contributed by atoms with E-state index in [1.54, 1.807) is 0 Å². The Morgan fingerprint density at radius 2 is 1.50 bits per heavy atom. The zero-order chi connectivity index (χ0) is 13.9. The number of aliphatic carboxylic acids is 2. The predicted molar refractivity (Wildman–Crippen MR) is 63.7 cm³/mol. The zero-order valence-corrected chi connectivity index (χ0v) is 10.2. The Balaban J connectivity index is 2.99. The molecule has 1 aromatic rings. The Bertz CT molecular complexity index is 466. The monoisotopic (exact) mass is 270 g/mol. The summed E-state index contributed by atoms with van der Waals surface area (Å²) in [6, 6.07) is 5.83. The van der Waals surface area contributed by atoms with Gasteiger partial charge < -0.3 is 10.2 Å². The van der Waals surface area contributed by atoms with Gasteiger partial charge in [0.05, 0.1) is 0 Å². The summed E-state index contributed by atoms with van der Waals surface area (Å²) >= 11 is 5.66. The maximum atomic E-state index is 11.9. The third-order valence-corrected chi connectivity index (χ3v) is 2.83. The summed E-state index contributed by atoms with van der Waals surface area (Å²) < 4.78 is 0. The number of hydrogen-bond acceptors (Lipinski definition) is 3. The van der Waals surface area contributed by atoms with E-state index in [1.165, 1.54) is 31.2 Å². The van der Waals surface area contributed by atoms with Crippen molar-refractivity contribution >= 4 is 29.3 Å². The van der Waals surface area contributed by atoms with E-state index >= 15 is 0 Å². The molecule has 0 aliphatic carbocycles. The summed E-state index contributed by atoms with van der Waals surface area (Å²) in [5.41, 5.74) is 0.236. The Morgan fingerprint density at radius 3 is 1.89 bits per heavy atom. The zero-order valence-electron chi connectivity index (χ0n) is 9.46. The molecule has 0 heterocycles. The molecular formula is C12H11ClO5. The fourth-order valence-electron chi connectivity index (χ4n) is 1.56. The van der Waals surface area contributed by atoms with Crippen LogP contribution >= 0.6 is 11.6 Å². The van der Waals surface area contributed by atoms with Crippen LogP contribution in [0.1, 0.15) is 17.3 Å². The highest BCUT2D eigenvalue weighted by Gasteiger charge is 2.36. The molecule has 1 unspecified atom stereocenters. The highest BCUT2D eigenvalue weighted by atomic mass is 35.5. The van der Waals surface area contributed by atoms with E-state index in [4.69, 9.17) is 21.8 Å². The second-order valence-corrected chi connectivity index (χ2v) is 4.25. The SMILES string of the molecule is CC(C(=O)c1ccc(Cl)cc1)C(C(=O)O)C(=O)O. The molecule has 0 aromatic heterocycles. The Kier molecular flexibility index (Phi) is 4.44. The topological polar surface area (TPSA) is 91.7 Å². The fraction of sp³-hybridized carbons (Fsp3) is 0.250. The Labute approximate surface area is 108 Å². The molecule has 96 valence electrons. The number of ketones is 1. The van der Waals surface area contributed by atoms with Crippen molar-refractivity contribution in [2.75, 3.05) is 0 Å². The number of benzene rings is 1. The van der Waals surface area contributed by atoms with Crippen LogP contribution in [0, 0.1) is 11.8 Å². The predicted octanol–water partition coefficient (Wildman–Crippen LogP) is 1.94. The number of carbonyl (C=O) groups is 3. The van der Waals surface area contributed by atoms with Gasteiger partial charge in [-0.05, 0) is 24.3 Å². The van der Waals surface area contributed by atoms with Gasteiger partial charge in [-0.1, -0.05) is 18.5 Å².